The van der Waals surface area contributed by atoms with Gasteiger partial charge in [0, 0.05) is 22.8 Å². The van der Waals surface area contributed by atoms with Crippen LogP contribution in [0.2, 0.25) is 0 Å². The quantitative estimate of drug-likeness (QED) is 0.819. The molecule has 2 aromatic rings. The number of fused-ring (bicyclic) bond motifs is 1. The van der Waals surface area contributed by atoms with Gasteiger partial charge in [0.25, 0.3) is 0 Å². The summed E-state index contributed by atoms with van der Waals surface area (Å²) in [6, 6.07) is 6.14. The minimum Gasteiger partial charge on any atom is -0.460 e. The summed E-state index contributed by atoms with van der Waals surface area (Å²) in [5, 5.41) is 11.3. The Morgan fingerprint density at radius 3 is 2.40 bits per heavy atom. The number of benzene rings is 1. The first-order valence-electron chi connectivity index (χ1n) is 7.46. The Morgan fingerprint density at radius 1 is 1.25 bits per heavy atom. The first-order chi connectivity index (χ1) is 9.51. The van der Waals surface area contributed by atoms with Crippen LogP contribution in [0.15, 0.2) is 22.6 Å². The van der Waals surface area contributed by atoms with E-state index in [4.69, 9.17) is 10.2 Å². The van der Waals surface area contributed by atoms with Crippen molar-refractivity contribution in [1.29, 1.82) is 0 Å². The van der Waals surface area contributed by atoms with Crippen LogP contribution in [0.3, 0.4) is 0 Å². The van der Waals surface area contributed by atoms with Crippen molar-refractivity contribution in [2.24, 2.45) is 5.73 Å². The lowest BCUT2D eigenvalue weighted by Gasteiger charge is -2.34. The topological polar surface area (TPSA) is 59.4 Å². The molecule has 3 heteroatoms. The molecule has 0 bridgehead atoms. The highest BCUT2D eigenvalue weighted by Gasteiger charge is 2.37. The van der Waals surface area contributed by atoms with Crippen molar-refractivity contribution in [3.8, 4) is 0 Å². The molecule has 3 nitrogen and oxygen atoms in total. The predicted molar refractivity (Wildman–Crippen MR) is 82.8 cm³/mol. The molecule has 0 fully saturated rings. The van der Waals surface area contributed by atoms with Crippen LogP contribution in [0, 0.1) is 6.92 Å². The lowest BCUT2D eigenvalue weighted by molar-refractivity contribution is 0.0792. The third-order valence-electron chi connectivity index (χ3n) is 4.75. The summed E-state index contributed by atoms with van der Waals surface area (Å²) in [7, 11) is 0. The van der Waals surface area contributed by atoms with Gasteiger partial charge in [-0.25, -0.2) is 0 Å². The van der Waals surface area contributed by atoms with Crippen LogP contribution < -0.4 is 5.73 Å². The summed E-state index contributed by atoms with van der Waals surface area (Å²) in [5.41, 5.74) is 8.56. The van der Waals surface area contributed by atoms with Gasteiger partial charge in [0.05, 0.1) is 0 Å². The van der Waals surface area contributed by atoms with Crippen molar-refractivity contribution < 1.29 is 9.52 Å². The Bertz CT molecular complexity index is 594. The van der Waals surface area contributed by atoms with Crippen LogP contribution in [0.25, 0.3) is 11.0 Å². The lowest BCUT2D eigenvalue weighted by atomic mass is 9.74. The number of nitrogens with two attached hydrogens (primary N) is 1. The lowest BCUT2D eigenvalue weighted by Crippen LogP contribution is -2.44. The molecule has 0 spiro atoms. The molecule has 0 aliphatic heterocycles. The standard InChI is InChI=1S/C17H25NO2/c1-5-14-11(4)12-9-8-10-13(15(12)20-14)17(6-2,7-3)16(18)19/h8-10,16,19H,5-7,18H2,1-4H3. The van der Waals surface area contributed by atoms with E-state index < -0.39 is 11.6 Å². The van der Waals surface area contributed by atoms with E-state index in [-0.39, 0.29) is 0 Å². The Morgan fingerprint density at radius 2 is 1.90 bits per heavy atom. The zero-order chi connectivity index (χ0) is 14.9. The van der Waals surface area contributed by atoms with Crippen molar-refractivity contribution >= 4 is 11.0 Å². The number of hydrogen-bond acceptors (Lipinski definition) is 3. The molecule has 110 valence electrons. The van der Waals surface area contributed by atoms with Gasteiger partial charge in [-0.05, 0) is 25.3 Å². The Kier molecular flexibility index (Phi) is 4.21. The van der Waals surface area contributed by atoms with Gasteiger partial charge in [0.1, 0.15) is 17.6 Å². The van der Waals surface area contributed by atoms with Crippen molar-refractivity contribution in [2.45, 2.75) is 58.6 Å². The molecule has 0 aliphatic carbocycles. The molecular weight excluding hydrogens is 250 g/mol. The van der Waals surface area contributed by atoms with Gasteiger partial charge < -0.3 is 15.3 Å². The number of hydrogen-bond donors (Lipinski definition) is 2. The molecule has 1 unspecified atom stereocenters. The molecule has 0 saturated heterocycles. The maximum atomic E-state index is 10.1. The van der Waals surface area contributed by atoms with Gasteiger partial charge in [-0.3, -0.25) is 0 Å². The van der Waals surface area contributed by atoms with Crippen LogP contribution in [0.5, 0.6) is 0 Å². The van der Waals surface area contributed by atoms with E-state index in [0.29, 0.717) is 0 Å². The number of aliphatic hydroxyl groups is 1. The number of aliphatic hydroxyl groups excluding tert-OH is 1. The third-order valence-corrected chi connectivity index (χ3v) is 4.75. The maximum absolute atomic E-state index is 10.1. The van der Waals surface area contributed by atoms with Crippen molar-refractivity contribution in [2.75, 3.05) is 0 Å². The van der Waals surface area contributed by atoms with E-state index in [9.17, 15) is 5.11 Å². The fraction of sp³-hybridized carbons (Fsp3) is 0.529. The molecule has 0 aliphatic rings. The van der Waals surface area contributed by atoms with Gasteiger partial charge in [-0.15, -0.1) is 0 Å². The Hall–Kier alpha value is -1.32. The molecule has 1 aromatic heterocycles. The van der Waals surface area contributed by atoms with E-state index in [1.807, 2.05) is 12.1 Å². The minimum absolute atomic E-state index is 0.450. The van der Waals surface area contributed by atoms with Crippen LogP contribution in [0.1, 0.15) is 50.5 Å². The second-order valence-electron chi connectivity index (χ2n) is 5.49. The highest BCUT2D eigenvalue weighted by atomic mass is 16.3. The van der Waals surface area contributed by atoms with E-state index in [2.05, 4.69) is 33.8 Å². The highest BCUT2D eigenvalue weighted by molar-refractivity contribution is 5.85. The summed E-state index contributed by atoms with van der Waals surface area (Å²) in [6.07, 6.45) is 1.54. The Balaban J connectivity index is 2.76. The second-order valence-corrected chi connectivity index (χ2v) is 5.49. The van der Waals surface area contributed by atoms with Crippen LogP contribution in [-0.2, 0) is 11.8 Å². The average Bonchev–Trinajstić information content (AvgIpc) is 2.78. The molecule has 1 atom stereocenters. The molecule has 0 radical (unpaired) electrons. The number of furan rings is 1. The smallest absolute Gasteiger partial charge is 0.138 e. The molecular formula is C17H25NO2. The van der Waals surface area contributed by atoms with E-state index >= 15 is 0 Å². The number of para-hydroxylation sites is 1. The number of aryl methyl sites for hydroxylation is 2. The fourth-order valence-electron chi connectivity index (χ4n) is 3.23. The zero-order valence-electron chi connectivity index (χ0n) is 12.9. The molecule has 1 aromatic carbocycles. The fourth-order valence-corrected chi connectivity index (χ4v) is 3.23. The monoisotopic (exact) mass is 275 g/mol. The molecule has 20 heavy (non-hydrogen) atoms. The first kappa shape index (κ1) is 15.1. The zero-order valence-corrected chi connectivity index (χ0v) is 12.9. The van der Waals surface area contributed by atoms with Gasteiger partial charge >= 0.3 is 0 Å². The van der Waals surface area contributed by atoms with Gasteiger partial charge in [0.2, 0.25) is 0 Å². The van der Waals surface area contributed by atoms with Gasteiger partial charge in [-0.1, -0.05) is 39.0 Å². The minimum atomic E-state index is -0.890. The highest BCUT2D eigenvalue weighted by Crippen LogP contribution is 2.40. The first-order valence-corrected chi connectivity index (χ1v) is 7.46. The number of rotatable bonds is 5. The van der Waals surface area contributed by atoms with Crippen molar-refractivity contribution in [3.63, 3.8) is 0 Å². The van der Waals surface area contributed by atoms with Crippen molar-refractivity contribution in [1.82, 2.24) is 0 Å². The van der Waals surface area contributed by atoms with E-state index in [1.54, 1.807) is 0 Å². The summed E-state index contributed by atoms with van der Waals surface area (Å²) in [4.78, 5) is 0. The molecule has 2 rings (SSSR count). The maximum Gasteiger partial charge on any atom is 0.138 e. The van der Waals surface area contributed by atoms with Gasteiger partial charge in [-0.2, -0.15) is 0 Å². The SMILES string of the molecule is CCc1oc2c(C(CC)(CC)C(N)O)cccc2c1C. The van der Waals surface area contributed by atoms with Crippen LogP contribution >= 0.6 is 0 Å². The molecule has 1 heterocycles. The summed E-state index contributed by atoms with van der Waals surface area (Å²) >= 11 is 0. The van der Waals surface area contributed by atoms with Crippen LogP contribution in [-0.4, -0.2) is 11.3 Å². The summed E-state index contributed by atoms with van der Waals surface area (Å²) < 4.78 is 6.07. The molecule has 3 N–H and O–H groups in total. The van der Waals surface area contributed by atoms with Crippen LogP contribution in [0.4, 0.5) is 0 Å². The van der Waals surface area contributed by atoms with E-state index in [0.717, 1.165) is 41.6 Å². The van der Waals surface area contributed by atoms with Gasteiger partial charge in [0.15, 0.2) is 0 Å². The average molecular weight is 275 g/mol. The summed E-state index contributed by atoms with van der Waals surface area (Å²) in [5.74, 6) is 1.01. The van der Waals surface area contributed by atoms with Crippen molar-refractivity contribution in [3.05, 3.63) is 35.1 Å². The largest absolute Gasteiger partial charge is 0.460 e. The second kappa shape index (κ2) is 5.58. The molecule has 0 amide bonds. The molecule has 0 saturated carbocycles. The predicted octanol–water partition coefficient (Wildman–Crippen LogP) is 3.64. The third kappa shape index (κ3) is 2.05. The summed E-state index contributed by atoms with van der Waals surface area (Å²) in [6.45, 7) is 8.31. The normalized spacial score (nSPS) is 13.9. The Labute approximate surface area is 120 Å². The van der Waals surface area contributed by atoms with E-state index in [1.165, 1.54) is 5.56 Å².